The standard InChI is InChI=1S/C10H13BrN2O2/c11-8-1-7(2-12-3-8)4-13-5-9(14)10(15)6-13/h1-3,9-10,14-15H,4-6H2. The normalized spacial score (nSPS) is 27.1. The number of likely N-dealkylation sites (tertiary alicyclic amines) is 1. The van der Waals surface area contributed by atoms with Crippen LogP contribution in [-0.2, 0) is 6.54 Å². The molecular formula is C10H13BrN2O2. The zero-order chi connectivity index (χ0) is 10.8. The van der Waals surface area contributed by atoms with Gasteiger partial charge in [-0.2, -0.15) is 0 Å². The lowest BCUT2D eigenvalue weighted by Crippen LogP contribution is -2.22. The lowest BCUT2D eigenvalue weighted by atomic mass is 10.3. The highest BCUT2D eigenvalue weighted by molar-refractivity contribution is 9.10. The summed E-state index contributed by atoms with van der Waals surface area (Å²) in [6.45, 7) is 1.75. The van der Waals surface area contributed by atoms with Crippen molar-refractivity contribution in [1.29, 1.82) is 0 Å². The topological polar surface area (TPSA) is 56.6 Å². The summed E-state index contributed by atoms with van der Waals surface area (Å²) in [6, 6.07) is 1.99. The third kappa shape index (κ3) is 2.75. The van der Waals surface area contributed by atoms with Crippen LogP contribution in [0.3, 0.4) is 0 Å². The van der Waals surface area contributed by atoms with E-state index in [1.807, 2.05) is 11.0 Å². The number of pyridine rings is 1. The van der Waals surface area contributed by atoms with Crippen molar-refractivity contribution in [1.82, 2.24) is 9.88 Å². The maximum Gasteiger partial charge on any atom is 0.0938 e. The summed E-state index contributed by atoms with van der Waals surface area (Å²) in [4.78, 5) is 6.08. The van der Waals surface area contributed by atoms with Gasteiger partial charge in [0, 0.05) is 36.5 Å². The van der Waals surface area contributed by atoms with Gasteiger partial charge in [-0.25, -0.2) is 0 Å². The summed E-state index contributed by atoms with van der Waals surface area (Å²) in [5.41, 5.74) is 1.07. The lowest BCUT2D eigenvalue weighted by molar-refractivity contribution is 0.0572. The molecule has 0 amide bonds. The van der Waals surface area contributed by atoms with Crippen molar-refractivity contribution < 1.29 is 10.2 Å². The van der Waals surface area contributed by atoms with Gasteiger partial charge in [0.25, 0.3) is 0 Å². The first-order chi connectivity index (χ1) is 7.15. The van der Waals surface area contributed by atoms with Gasteiger partial charge in [-0.1, -0.05) is 0 Å². The van der Waals surface area contributed by atoms with E-state index in [4.69, 9.17) is 0 Å². The van der Waals surface area contributed by atoms with Gasteiger partial charge in [0.2, 0.25) is 0 Å². The van der Waals surface area contributed by atoms with Crippen molar-refractivity contribution in [2.75, 3.05) is 13.1 Å². The number of aromatic nitrogens is 1. The molecule has 0 aromatic carbocycles. The van der Waals surface area contributed by atoms with E-state index < -0.39 is 12.2 Å². The van der Waals surface area contributed by atoms with Crippen LogP contribution < -0.4 is 0 Å². The van der Waals surface area contributed by atoms with E-state index in [0.717, 1.165) is 10.0 Å². The lowest BCUT2D eigenvalue weighted by Gasteiger charge is -2.14. The minimum Gasteiger partial charge on any atom is -0.389 e. The van der Waals surface area contributed by atoms with Crippen molar-refractivity contribution >= 4 is 15.9 Å². The first-order valence-electron chi connectivity index (χ1n) is 4.83. The minimum absolute atomic E-state index is 0.522. The molecule has 0 saturated carbocycles. The smallest absolute Gasteiger partial charge is 0.0938 e. The Morgan fingerprint density at radius 1 is 1.33 bits per heavy atom. The fraction of sp³-hybridized carbons (Fsp3) is 0.500. The summed E-state index contributed by atoms with van der Waals surface area (Å²) in [5, 5.41) is 18.8. The molecule has 1 aliphatic rings. The average Bonchev–Trinajstić information content (AvgIpc) is 2.45. The molecule has 1 saturated heterocycles. The highest BCUT2D eigenvalue weighted by Crippen LogP contribution is 2.16. The molecule has 2 heterocycles. The molecule has 0 radical (unpaired) electrons. The summed E-state index contributed by atoms with van der Waals surface area (Å²) < 4.78 is 0.945. The quantitative estimate of drug-likeness (QED) is 0.818. The maximum absolute atomic E-state index is 9.38. The van der Waals surface area contributed by atoms with Crippen molar-refractivity contribution in [2.24, 2.45) is 0 Å². The third-order valence-corrected chi connectivity index (χ3v) is 2.94. The van der Waals surface area contributed by atoms with Crippen LogP contribution in [0.15, 0.2) is 22.9 Å². The van der Waals surface area contributed by atoms with E-state index in [9.17, 15) is 10.2 Å². The van der Waals surface area contributed by atoms with Gasteiger partial charge in [-0.3, -0.25) is 9.88 Å². The Kier molecular flexibility index (Phi) is 3.35. The highest BCUT2D eigenvalue weighted by Gasteiger charge is 2.29. The SMILES string of the molecule is OC1CN(Cc2cncc(Br)c2)CC1O. The third-order valence-electron chi connectivity index (χ3n) is 2.50. The second-order valence-corrected chi connectivity index (χ2v) is 4.76. The van der Waals surface area contributed by atoms with Gasteiger partial charge in [-0.05, 0) is 27.6 Å². The average molecular weight is 273 g/mol. The fourth-order valence-corrected chi connectivity index (χ4v) is 2.19. The Morgan fingerprint density at radius 2 is 2.00 bits per heavy atom. The molecule has 2 unspecified atom stereocenters. The Bertz CT molecular complexity index is 338. The maximum atomic E-state index is 9.38. The van der Waals surface area contributed by atoms with Crippen LogP contribution in [0.25, 0.3) is 0 Å². The molecule has 15 heavy (non-hydrogen) atoms. The predicted octanol–water partition coefficient (Wildman–Crippen LogP) is 0.382. The van der Waals surface area contributed by atoms with Crippen LogP contribution in [0.4, 0.5) is 0 Å². The molecule has 1 fully saturated rings. The molecule has 2 N–H and O–H groups in total. The number of aliphatic hydroxyl groups is 2. The van der Waals surface area contributed by atoms with Crippen LogP contribution in [-0.4, -0.2) is 45.4 Å². The van der Waals surface area contributed by atoms with Crippen LogP contribution in [0, 0.1) is 0 Å². The largest absolute Gasteiger partial charge is 0.389 e. The first-order valence-corrected chi connectivity index (χ1v) is 5.62. The molecule has 4 nitrogen and oxygen atoms in total. The molecule has 0 bridgehead atoms. The first kappa shape index (κ1) is 11.0. The van der Waals surface area contributed by atoms with E-state index in [1.165, 1.54) is 0 Å². The van der Waals surface area contributed by atoms with E-state index >= 15 is 0 Å². The summed E-state index contributed by atoms with van der Waals surface area (Å²) in [5.74, 6) is 0. The second kappa shape index (κ2) is 4.57. The summed E-state index contributed by atoms with van der Waals surface area (Å²) >= 11 is 3.36. The summed E-state index contributed by atoms with van der Waals surface area (Å²) in [7, 11) is 0. The van der Waals surface area contributed by atoms with Crippen molar-refractivity contribution in [2.45, 2.75) is 18.8 Å². The Labute approximate surface area is 96.7 Å². The van der Waals surface area contributed by atoms with E-state index in [2.05, 4.69) is 20.9 Å². The van der Waals surface area contributed by atoms with E-state index in [1.54, 1.807) is 12.4 Å². The molecule has 1 aliphatic heterocycles. The van der Waals surface area contributed by atoms with Crippen LogP contribution in [0.2, 0.25) is 0 Å². The Morgan fingerprint density at radius 3 is 2.60 bits per heavy atom. The second-order valence-electron chi connectivity index (χ2n) is 3.84. The van der Waals surface area contributed by atoms with Gasteiger partial charge in [-0.15, -0.1) is 0 Å². The van der Waals surface area contributed by atoms with Crippen LogP contribution in [0.5, 0.6) is 0 Å². The molecule has 1 aromatic heterocycles. The summed E-state index contributed by atoms with van der Waals surface area (Å²) in [6.07, 6.45) is 2.29. The molecule has 82 valence electrons. The van der Waals surface area contributed by atoms with Crippen molar-refractivity contribution in [3.63, 3.8) is 0 Å². The van der Waals surface area contributed by atoms with E-state index in [-0.39, 0.29) is 0 Å². The van der Waals surface area contributed by atoms with E-state index in [0.29, 0.717) is 19.6 Å². The van der Waals surface area contributed by atoms with Gasteiger partial charge in [0.1, 0.15) is 0 Å². The number of β-amino-alcohol motifs (C(OH)–C–C–N with tert-alkyl or cyclic N) is 2. The molecule has 0 aliphatic carbocycles. The molecule has 2 atom stereocenters. The van der Waals surface area contributed by atoms with Crippen molar-refractivity contribution in [3.05, 3.63) is 28.5 Å². The number of nitrogens with zero attached hydrogens (tertiary/aromatic N) is 2. The van der Waals surface area contributed by atoms with Crippen LogP contribution >= 0.6 is 15.9 Å². The number of rotatable bonds is 2. The van der Waals surface area contributed by atoms with Crippen molar-refractivity contribution in [3.8, 4) is 0 Å². The molecule has 1 aromatic rings. The Hall–Kier alpha value is -0.490. The van der Waals surface area contributed by atoms with Gasteiger partial charge < -0.3 is 10.2 Å². The molecule has 0 spiro atoms. The number of halogens is 1. The van der Waals surface area contributed by atoms with Crippen LogP contribution in [0.1, 0.15) is 5.56 Å². The molecule has 5 heteroatoms. The molecular weight excluding hydrogens is 260 g/mol. The van der Waals surface area contributed by atoms with Gasteiger partial charge >= 0.3 is 0 Å². The van der Waals surface area contributed by atoms with Gasteiger partial charge in [0.05, 0.1) is 12.2 Å². The minimum atomic E-state index is -0.620. The zero-order valence-corrected chi connectivity index (χ0v) is 9.76. The number of hydrogen-bond acceptors (Lipinski definition) is 4. The predicted molar refractivity (Wildman–Crippen MR) is 59.2 cm³/mol. The number of aliphatic hydroxyl groups excluding tert-OH is 2. The molecule has 2 rings (SSSR count). The zero-order valence-electron chi connectivity index (χ0n) is 8.17. The number of hydrogen-bond donors (Lipinski definition) is 2. The van der Waals surface area contributed by atoms with Gasteiger partial charge in [0.15, 0.2) is 0 Å². The Balaban J connectivity index is 1.98. The highest BCUT2D eigenvalue weighted by atomic mass is 79.9. The monoisotopic (exact) mass is 272 g/mol. The fourth-order valence-electron chi connectivity index (χ4n) is 1.78.